The van der Waals surface area contributed by atoms with E-state index in [1.54, 1.807) is 36.7 Å². The molecule has 0 aliphatic rings. The molecule has 0 bridgehead atoms. The maximum Gasteiger partial charge on any atom is 0.205 e. The molecule has 0 spiro atoms. The maximum atomic E-state index is 8.91. The summed E-state index contributed by atoms with van der Waals surface area (Å²) < 4.78 is 1.87. The Labute approximate surface area is 157 Å². The lowest BCUT2D eigenvalue weighted by Gasteiger charge is -2.10. The minimum absolute atomic E-state index is 0.640. The number of aryl methyl sites for hydroxylation is 3. The third-order valence-electron chi connectivity index (χ3n) is 4.36. The number of hydrogen-bond acceptors (Lipinski definition) is 4. The van der Waals surface area contributed by atoms with Gasteiger partial charge in [-0.3, -0.25) is 4.99 Å². The van der Waals surface area contributed by atoms with Crippen LogP contribution in [0.25, 0.3) is 11.3 Å². The number of aromatic nitrogens is 1. The van der Waals surface area contributed by atoms with E-state index in [0.29, 0.717) is 5.56 Å². The molecule has 0 amide bonds. The van der Waals surface area contributed by atoms with Crippen LogP contribution < -0.4 is 4.80 Å². The predicted molar refractivity (Wildman–Crippen MR) is 108 cm³/mol. The van der Waals surface area contributed by atoms with Gasteiger partial charge in [0.05, 0.1) is 23.5 Å². The summed E-state index contributed by atoms with van der Waals surface area (Å²) >= 11 is 1.57. The minimum Gasteiger partial charge on any atom is -0.261 e. The molecule has 4 nitrogen and oxygen atoms in total. The molecule has 0 atom stereocenters. The van der Waals surface area contributed by atoms with Gasteiger partial charge in [-0.2, -0.15) is 10.4 Å². The van der Waals surface area contributed by atoms with Gasteiger partial charge in [-0.25, -0.2) is 4.68 Å². The summed E-state index contributed by atoms with van der Waals surface area (Å²) in [5.74, 6) is 0. The zero-order chi connectivity index (χ0) is 18.7. The molecule has 0 unspecified atom stereocenters. The summed E-state index contributed by atoms with van der Waals surface area (Å²) in [5, 5.41) is 15.7. The molecule has 3 aromatic rings. The quantitative estimate of drug-likeness (QED) is 0.638. The molecule has 26 heavy (non-hydrogen) atoms. The van der Waals surface area contributed by atoms with Crippen LogP contribution in [-0.4, -0.2) is 17.9 Å². The predicted octanol–water partition coefficient (Wildman–Crippen LogP) is 4.43. The number of nitriles is 1. The van der Waals surface area contributed by atoms with Crippen molar-refractivity contribution in [3.8, 4) is 17.3 Å². The highest BCUT2D eigenvalue weighted by molar-refractivity contribution is 7.07. The first-order valence-corrected chi connectivity index (χ1v) is 9.17. The van der Waals surface area contributed by atoms with Crippen molar-refractivity contribution in [1.29, 1.82) is 5.26 Å². The lowest BCUT2D eigenvalue weighted by molar-refractivity contribution is 0.847. The molecule has 0 saturated carbocycles. The van der Waals surface area contributed by atoms with Gasteiger partial charge in [-0.1, -0.05) is 18.2 Å². The lowest BCUT2D eigenvalue weighted by atomic mass is 9.99. The van der Waals surface area contributed by atoms with Crippen molar-refractivity contribution in [1.82, 2.24) is 4.68 Å². The number of rotatable bonds is 3. The van der Waals surface area contributed by atoms with E-state index in [0.717, 1.165) is 21.6 Å². The van der Waals surface area contributed by atoms with Crippen molar-refractivity contribution < 1.29 is 0 Å². The number of benzene rings is 2. The summed E-state index contributed by atoms with van der Waals surface area (Å²) in [6, 6.07) is 13.9. The molecule has 130 valence electrons. The van der Waals surface area contributed by atoms with E-state index >= 15 is 0 Å². The standard InChI is InChI=1S/C21H20N4S/c1-14-9-16(3)19(10-15(14)2)20-13-26-21(23-4)25(20)24-12-18-7-5-17(11-22)6-8-18/h5-10,12-13H,1-4H3/b23-21?,24-12-. The fraction of sp³-hybridized carbons (Fsp3) is 0.190. The molecule has 1 heterocycles. The van der Waals surface area contributed by atoms with Crippen LogP contribution in [0, 0.1) is 32.1 Å². The van der Waals surface area contributed by atoms with Crippen molar-refractivity contribution >= 4 is 17.6 Å². The molecule has 0 radical (unpaired) electrons. The smallest absolute Gasteiger partial charge is 0.205 e. The maximum absolute atomic E-state index is 8.91. The van der Waals surface area contributed by atoms with Crippen LogP contribution in [0.15, 0.2) is 51.9 Å². The van der Waals surface area contributed by atoms with Gasteiger partial charge in [0.25, 0.3) is 0 Å². The second kappa shape index (κ2) is 7.51. The average molecular weight is 360 g/mol. The summed E-state index contributed by atoms with van der Waals surface area (Å²) in [5.41, 5.74) is 7.53. The van der Waals surface area contributed by atoms with E-state index in [1.165, 1.54) is 16.7 Å². The Kier molecular flexibility index (Phi) is 5.15. The fourth-order valence-electron chi connectivity index (χ4n) is 2.75. The molecule has 2 aromatic carbocycles. The number of hydrogen-bond donors (Lipinski definition) is 0. The van der Waals surface area contributed by atoms with Crippen LogP contribution >= 0.6 is 11.3 Å². The van der Waals surface area contributed by atoms with Gasteiger partial charge in [0.1, 0.15) is 0 Å². The summed E-state index contributed by atoms with van der Waals surface area (Å²) in [6.07, 6.45) is 1.79. The molecule has 0 saturated heterocycles. The second-order valence-electron chi connectivity index (χ2n) is 6.17. The highest BCUT2D eigenvalue weighted by Crippen LogP contribution is 2.27. The molecule has 0 fully saturated rings. The highest BCUT2D eigenvalue weighted by atomic mass is 32.1. The fourth-order valence-corrected chi connectivity index (χ4v) is 3.55. The summed E-state index contributed by atoms with van der Waals surface area (Å²) in [4.78, 5) is 5.19. The third kappa shape index (κ3) is 3.51. The number of thiazole rings is 1. The van der Waals surface area contributed by atoms with E-state index in [2.05, 4.69) is 54.4 Å². The number of nitrogens with zero attached hydrogens (tertiary/aromatic N) is 4. The Morgan fingerprint density at radius 3 is 2.38 bits per heavy atom. The van der Waals surface area contributed by atoms with Crippen molar-refractivity contribution in [2.45, 2.75) is 20.8 Å². The van der Waals surface area contributed by atoms with Crippen LogP contribution in [0.3, 0.4) is 0 Å². The summed E-state index contributed by atoms with van der Waals surface area (Å²) in [7, 11) is 1.77. The topological polar surface area (TPSA) is 53.4 Å². The van der Waals surface area contributed by atoms with Gasteiger partial charge in [0, 0.05) is 18.0 Å². The zero-order valence-corrected chi connectivity index (χ0v) is 16.1. The third-order valence-corrected chi connectivity index (χ3v) is 5.26. The Morgan fingerprint density at radius 2 is 1.73 bits per heavy atom. The molecular formula is C21H20N4S. The van der Waals surface area contributed by atoms with Crippen molar-refractivity contribution in [3.63, 3.8) is 0 Å². The van der Waals surface area contributed by atoms with E-state index in [9.17, 15) is 0 Å². The van der Waals surface area contributed by atoms with E-state index < -0.39 is 0 Å². The van der Waals surface area contributed by atoms with Gasteiger partial charge >= 0.3 is 0 Å². The average Bonchev–Trinajstić information content (AvgIpc) is 3.06. The lowest BCUT2D eigenvalue weighted by Crippen LogP contribution is -2.12. The van der Waals surface area contributed by atoms with Gasteiger partial charge in [0.2, 0.25) is 4.80 Å². The van der Waals surface area contributed by atoms with Gasteiger partial charge < -0.3 is 0 Å². The Morgan fingerprint density at radius 1 is 1.04 bits per heavy atom. The van der Waals surface area contributed by atoms with Crippen molar-refractivity contribution in [2.75, 3.05) is 7.05 Å². The molecule has 5 heteroatoms. The van der Waals surface area contributed by atoms with E-state index in [1.807, 2.05) is 16.8 Å². The van der Waals surface area contributed by atoms with Crippen LogP contribution in [0.2, 0.25) is 0 Å². The van der Waals surface area contributed by atoms with Gasteiger partial charge in [-0.15, -0.1) is 11.3 Å². The van der Waals surface area contributed by atoms with E-state index in [4.69, 9.17) is 5.26 Å². The highest BCUT2D eigenvalue weighted by Gasteiger charge is 2.11. The molecule has 0 N–H and O–H groups in total. The monoisotopic (exact) mass is 360 g/mol. The molecular weight excluding hydrogens is 340 g/mol. The Balaban J connectivity index is 2.08. The second-order valence-corrected chi connectivity index (χ2v) is 7.01. The normalized spacial score (nSPS) is 11.9. The zero-order valence-electron chi connectivity index (χ0n) is 15.3. The molecule has 0 aliphatic heterocycles. The minimum atomic E-state index is 0.640. The Bertz CT molecular complexity index is 1080. The van der Waals surface area contributed by atoms with Gasteiger partial charge in [0.15, 0.2) is 0 Å². The van der Waals surface area contributed by atoms with Crippen LogP contribution in [0.1, 0.15) is 27.8 Å². The van der Waals surface area contributed by atoms with Crippen LogP contribution in [0.5, 0.6) is 0 Å². The van der Waals surface area contributed by atoms with Crippen molar-refractivity contribution in [2.24, 2.45) is 10.1 Å². The largest absolute Gasteiger partial charge is 0.261 e. The van der Waals surface area contributed by atoms with E-state index in [-0.39, 0.29) is 0 Å². The summed E-state index contributed by atoms with van der Waals surface area (Å²) in [6.45, 7) is 6.38. The van der Waals surface area contributed by atoms with Gasteiger partial charge in [-0.05, 0) is 61.2 Å². The first-order chi connectivity index (χ1) is 12.5. The first-order valence-electron chi connectivity index (χ1n) is 8.29. The molecule has 0 aliphatic carbocycles. The van der Waals surface area contributed by atoms with Crippen molar-refractivity contribution in [3.05, 3.63) is 74.4 Å². The molecule has 3 rings (SSSR count). The Hall–Kier alpha value is -2.97. The SMILES string of the molecule is CN=c1scc(-c2cc(C)c(C)cc2C)n1/N=C\c1ccc(C#N)cc1. The molecule has 1 aromatic heterocycles. The van der Waals surface area contributed by atoms with Crippen LogP contribution in [0.4, 0.5) is 0 Å². The first kappa shape index (κ1) is 17.8. The van der Waals surface area contributed by atoms with Crippen LogP contribution in [-0.2, 0) is 0 Å².